The third-order valence-corrected chi connectivity index (χ3v) is 2.43. The Morgan fingerprint density at radius 3 is 2.75 bits per heavy atom. The minimum absolute atomic E-state index is 1.07. The molecule has 0 spiro atoms. The van der Waals surface area contributed by atoms with E-state index >= 15 is 0 Å². The molecule has 1 aromatic carbocycles. The molecule has 0 bridgehead atoms. The lowest BCUT2D eigenvalue weighted by Gasteiger charge is -1.98. The predicted octanol–water partition coefficient (Wildman–Crippen LogP) is 2.96. The Morgan fingerprint density at radius 1 is 1.08 bits per heavy atom. The molecule has 12 heavy (non-hydrogen) atoms. The summed E-state index contributed by atoms with van der Waals surface area (Å²) in [5, 5.41) is 2.28. The van der Waals surface area contributed by atoms with E-state index in [1.807, 2.05) is 30.5 Å². The van der Waals surface area contributed by atoms with Crippen LogP contribution < -0.4 is 0 Å². The van der Waals surface area contributed by atoms with Gasteiger partial charge < -0.3 is 0 Å². The fraction of sp³-hybridized carbons (Fsp3) is 0.100. The molecule has 2 aromatic rings. The fourth-order valence-corrected chi connectivity index (χ4v) is 1.55. The van der Waals surface area contributed by atoms with Gasteiger partial charge in [0.2, 0.25) is 0 Å². The molecule has 0 aliphatic carbocycles. The third-order valence-electron chi connectivity index (χ3n) is 1.78. The smallest absolute Gasteiger partial charge is 0.0964 e. The Labute approximate surface area is 75.8 Å². The first-order chi connectivity index (χ1) is 5.90. The number of aromatic nitrogens is 1. The van der Waals surface area contributed by atoms with E-state index < -0.39 is 0 Å². The Kier molecular flexibility index (Phi) is 2.00. The molecule has 1 nitrogen and oxygen atoms in total. The van der Waals surface area contributed by atoms with E-state index in [1.165, 1.54) is 5.39 Å². The predicted molar refractivity (Wildman–Crippen MR) is 53.5 cm³/mol. The van der Waals surface area contributed by atoms with Crippen LogP contribution in [-0.4, -0.2) is 11.2 Å². The number of para-hydroxylation sites is 1. The van der Waals surface area contributed by atoms with Crippen LogP contribution in [-0.2, 0) is 0 Å². The Morgan fingerprint density at radius 2 is 1.92 bits per heavy atom. The van der Waals surface area contributed by atoms with Gasteiger partial charge in [-0.1, -0.05) is 24.3 Å². The van der Waals surface area contributed by atoms with Crippen molar-refractivity contribution in [3.63, 3.8) is 0 Å². The summed E-state index contributed by atoms with van der Waals surface area (Å²) in [6.45, 7) is 0. The van der Waals surface area contributed by atoms with Crippen LogP contribution in [0.1, 0.15) is 0 Å². The summed E-state index contributed by atoms with van der Waals surface area (Å²) in [6, 6.07) is 12.3. The van der Waals surface area contributed by atoms with Crippen molar-refractivity contribution >= 4 is 22.7 Å². The van der Waals surface area contributed by atoms with Crippen LogP contribution in [0, 0.1) is 0 Å². The summed E-state index contributed by atoms with van der Waals surface area (Å²) in [5.41, 5.74) is 1.07. The van der Waals surface area contributed by atoms with Gasteiger partial charge in [-0.05, 0) is 18.4 Å². The molecule has 0 aliphatic heterocycles. The molecule has 2 rings (SSSR count). The first kappa shape index (κ1) is 7.62. The van der Waals surface area contributed by atoms with Crippen LogP contribution in [0.15, 0.2) is 41.4 Å². The van der Waals surface area contributed by atoms with Crippen LogP contribution in [0.25, 0.3) is 10.9 Å². The fourth-order valence-electron chi connectivity index (χ4n) is 1.16. The topological polar surface area (TPSA) is 12.9 Å². The molecule has 0 aliphatic rings. The minimum Gasteiger partial charge on any atom is -0.242 e. The SMILES string of the molecule is CSc1ccc2ccccc2n1. The third kappa shape index (κ3) is 1.30. The van der Waals surface area contributed by atoms with E-state index in [0.717, 1.165) is 10.5 Å². The number of nitrogens with zero attached hydrogens (tertiary/aromatic N) is 1. The standard InChI is InChI=1S/C10H9NS/c1-12-10-7-6-8-4-2-3-5-9(8)11-10/h2-7H,1H3. The highest BCUT2D eigenvalue weighted by molar-refractivity contribution is 7.98. The van der Waals surface area contributed by atoms with Crippen LogP contribution in [0.5, 0.6) is 0 Å². The molecule has 0 fully saturated rings. The maximum atomic E-state index is 4.46. The van der Waals surface area contributed by atoms with Crippen molar-refractivity contribution in [2.24, 2.45) is 0 Å². The molecule has 0 saturated carbocycles. The summed E-state index contributed by atoms with van der Waals surface area (Å²) in [6.07, 6.45) is 2.04. The van der Waals surface area contributed by atoms with E-state index in [1.54, 1.807) is 11.8 Å². The summed E-state index contributed by atoms with van der Waals surface area (Å²) in [4.78, 5) is 4.46. The first-order valence-corrected chi connectivity index (χ1v) is 5.02. The average molecular weight is 175 g/mol. The van der Waals surface area contributed by atoms with Gasteiger partial charge in [0.05, 0.1) is 10.5 Å². The number of fused-ring (bicyclic) bond motifs is 1. The van der Waals surface area contributed by atoms with Crippen molar-refractivity contribution in [1.82, 2.24) is 4.98 Å². The quantitative estimate of drug-likeness (QED) is 0.618. The van der Waals surface area contributed by atoms with Gasteiger partial charge in [0.25, 0.3) is 0 Å². The number of thioether (sulfide) groups is 1. The van der Waals surface area contributed by atoms with Crippen molar-refractivity contribution in [2.45, 2.75) is 5.03 Å². The first-order valence-electron chi connectivity index (χ1n) is 3.80. The zero-order valence-corrected chi connectivity index (χ0v) is 7.64. The van der Waals surface area contributed by atoms with Gasteiger partial charge in [-0.3, -0.25) is 0 Å². The molecule has 1 aromatic heterocycles. The highest BCUT2D eigenvalue weighted by Gasteiger charge is 1.94. The van der Waals surface area contributed by atoms with Gasteiger partial charge >= 0.3 is 0 Å². The number of rotatable bonds is 1. The molecule has 0 unspecified atom stereocenters. The normalized spacial score (nSPS) is 10.4. The average Bonchev–Trinajstić information content (AvgIpc) is 2.17. The van der Waals surface area contributed by atoms with Crippen molar-refractivity contribution in [2.75, 3.05) is 6.26 Å². The summed E-state index contributed by atoms with van der Waals surface area (Å²) in [7, 11) is 0. The van der Waals surface area contributed by atoms with Gasteiger partial charge in [-0.15, -0.1) is 11.8 Å². The van der Waals surface area contributed by atoms with Gasteiger partial charge in [0, 0.05) is 5.39 Å². The molecule has 2 heteroatoms. The number of pyridine rings is 1. The van der Waals surface area contributed by atoms with Crippen molar-refractivity contribution in [3.8, 4) is 0 Å². The van der Waals surface area contributed by atoms with Crippen molar-refractivity contribution in [1.29, 1.82) is 0 Å². The lowest BCUT2D eigenvalue weighted by Crippen LogP contribution is -1.80. The van der Waals surface area contributed by atoms with E-state index in [-0.39, 0.29) is 0 Å². The molecule has 0 atom stereocenters. The monoisotopic (exact) mass is 175 g/mol. The van der Waals surface area contributed by atoms with Crippen LogP contribution >= 0.6 is 11.8 Å². The van der Waals surface area contributed by atoms with Gasteiger partial charge in [-0.2, -0.15) is 0 Å². The highest BCUT2D eigenvalue weighted by Crippen LogP contribution is 2.16. The Balaban J connectivity index is 2.67. The lowest BCUT2D eigenvalue weighted by atomic mass is 10.2. The summed E-state index contributed by atoms with van der Waals surface area (Å²) < 4.78 is 0. The van der Waals surface area contributed by atoms with Crippen LogP contribution in [0.3, 0.4) is 0 Å². The zero-order valence-electron chi connectivity index (χ0n) is 6.82. The summed E-state index contributed by atoms with van der Waals surface area (Å²) in [5.74, 6) is 0. The zero-order chi connectivity index (χ0) is 8.39. The largest absolute Gasteiger partial charge is 0.242 e. The molecular weight excluding hydrogens is 166 g/mol. The molecule has 0 saturated heterocycles. The second-order valence-electron chi connectivity index (χ2n) is 2.55. The van der Waals surface area contributed by atoms with Gasteiger partial charge in [-0.25, -0.2) is 4.98 Å². The molecule has 0 radical (unpaired) electrons. The van der Waals surface area contributed by atoms with E-state index in [9.17, 15) is 0 Å². The number of benzene rings is 1. The highest BCUT2D eigenvalue weighted by atomic mass is 32.2. The lowest BCUT2D eigenvalue weighted by molar-refractivity contribution is 1.19. The van der Waals surface area contributed by atoms with Crippen LogP contribution in [0.4, 0.5) is 0 Å². The van der Waals surface area contributed by atoms with E-state index in [4.69, 9.17) is 0 Å². The van der Waals surface area contributed by atoms with Gasteiger partial charge in [0.1, 0.15) is 0 Å². The second-order valence-corrected chi connectivity index (χ2v) is 3.37. The second kappa shape index (κ2) is 3.15. The molecular formula is C10H9NS. The van der Waals surface area contributed by atoms with E-state index in [2.05, 4.69) is 17.1 Å². The molecule has 60 valence electrons. The summed E-state index contributed by atoms with van der Waals surface area (Å²) >= 11 is 1.67. The molecule has 0 amide bonds. The number of hydrogen-bond acceptors (Lipinski definition) is 2. The Hall–Kier alpha value is -1.02. The minimum atomic E-state index is 1.07. The molecule has 1 heterocycles. The molecule has 0 N–H and O–H groups in total. The number of hydrogen-bond donors (Lipinski definition) is 0. The Bertz CT molecular complexity index is 398. The maximum Gasteiger partial charge on any atom is 0.0964 e. The van der Waals surface area contributed by atoms with Crippen LogP contribution in [0.2, 0.25) is 0 Å². The van der Waals surface area contributed by atoms with E-state index in [0.29, 0.717) is 0 Å². The van der Waals surface area contributed by atoms with Crippen molar-refractivity contribution < 1.29 is 0 Å². The van der Waals surface area contributed by atoms with Gasteiger partial charge in [0.15, 0.2) is 0 Å². The van der Waals surface area contributed by atoms with Crippen molar-refractivity contribution in [3.05, 3.63) is 36.4 Å². The maximum absolute atomic E-state index is 4.46.